The summed E-state index contributed by atoms with van der Waals surface area (Å²) < 4.78 is 0. The summed E-state index contributed by atoms with van der Waals surface area (Å²) in [5, 5.41) is 7.97. The molecule has 1 saturated heterocycles. The highest BCUT2D eigenvalue weighted by Crippen LogP contribution is 2.33. The zero-order valence-electron chi connectivity index (χ0n) is 13.7. The van der Waals surface area contributed by atoms with E-state index in [2.05, 4.69) is 24.3 Å². The predicted molar refractivity (Wildman–Crippen MR) is 89.3 cm³/mol. The molecule has 23 heavy (non-hydrogen) atoms. The summed E-state index contributed by atoms with van der Waals surface area (Å²) in [6.45, 7) is 4.28. The molecule has 0 radical (unpaired) electrons. The lowest BCUT2D eigenvalue weighted by molar-refractivity contribution is -0.132. The number of nitrogens with zero attached hydrogens (tertiary/aromatic N) is 2. The minimum Gasteiger partial charge on any atom is -0.321 e. The Labute approximate surface area is 136 Å². The molecule has 0 aromatic heterocycles. The van der Waals surface area contributed by atoms with E-state index in [0.717, 1.165) is 29.8 Å². The van der Waals surface area contributed by atoms with Gasteiger partial charge in [-0.2, -0.15) is 5.10 Å². The second kappa shape index (κ2) is 6.14. The van der Waals surface area contributed by atoms with Crippen molar-refractivity contribution < 1.29 is 9.59 Å². The van der Waals surface area contributed by atoms with Crippen molar-refractivity contribution in [2.24, 2.45) is 5.10 Å². The highest BCUT2D eigenvalue weighted by Gasteiger charge is 2.51. The fourth-order valence-corrected chi connectivity index (χ4v) is 3.30. The second-order valence-corrected chi connectivity index (χ2v) is 6.76. The number of benzene rings is 1. The van der Waals surface area contributed by atoms with Gasteiger partial charge in [-0.25, -0.2) is 4.79 Å². The Morgan fingerprint density at radius 2 is 1.78 bits per heavy atom. The molecule has 2 fully saturated rings. The Balaban J connectivity index is 1.74. The maximum atomic E-state index is 12.6. The molecule has 1 aliphatic heterocycles. The van der Waals surface area contributed by atoms with E-state index in [-0.39, 0.29) is 5.91 Å². The van der Waals surface area contributed by atoms with E-state index < -0.39 is 11.6 Å². The number of rotatable bonds is 3. The number of hydrogen-bond acceptors (Lipinski definition) is 3. The molecule has 0 unspecified atom stereocenters. The molecular formula is C18H23N3O2. The van der Waals surface area contributed by atoms with Crippen molar-refractivity contribution in [1.82, 2.24) is 10.3 Å². The Bertz CT molecular complexity index is 628. The van der Waals surface area contributed by atoms with E-state index in [1.807, 2.05) is 24.3 Å². The summed E-state index contributed by atoms with van der Waals surface area (Å²) in [5.41, 5.74) is 1.41. The van der Waals surface area contributed by atoms with Gasteiger partial charge in [0.1, 0.15) is 5.54 Å². The second-order valence-electron chi connectivity index (χ2n) is 6.76. The largest absolute Gasteiger partial charge is 0.346 e. The van der Waals surface area contributed by atoms with Crippen molar-refractivity contribution in [1.29, 1.82) is 0 Å². The first-order valence-electron chi connectivity index (χ1n) is 8.32. The smallest absolute Gasteiger partial charge is 0.321 e. The average molecular weight is 313 g/mol. The molecule has 0 atom stereocenters. The van der Waals surface area contributed by atoms with Gasteiger partial charge in [0.25, 0.3) is 5.91 Å². The number of imide groups is 1. The normalized spacial score (nSPS) is 20.7. The van der Waals surface area contributed by atoms with E-state index in [1.54, 1.807) is 6.21 Å². The van der Waals surface area contributed by atoms with E-state index in [9.17, 15) is 9.59 Å². The van der Waals surface area contributed by atoms with Crippen LogP contribution in [0.2, 0.25) is 0 Å². The molecule has 1 heterocycles. The van der Waals surface area contributed by atoms with Crippen LogP contribution in [0, 0.1) is 0 Å². The van der Waals surface area contributed by atoms with Gasteiger partial charge in [-0.15, -0.1) is 5.01 Å². The van der Waals surface area contributed by atoms with Gasteiger partial charge in [0.2, 0.25) is 0 Å². The van der Waals surface area contributed by atoms with Crippen LogP contribution in [-0.2, 0) is 4.79 Å². The molecule has 0 bridgehead atoms. The van der Waals surface area contributed by atoms with Gasteiger partial charge in [-0.1, -0.05) is 57.4 Å². The first-order valence-corrected chi connectivity index (χ1v) is 8.32. The third-order valence-electron chi connectivity index (χ3n) is 4.77. The first-order chi connectivity index (χ1) is 11.0. The molecule has 5 heteroatoms. The van der Waals surface area contributed by atoms with Crippen LogP contribution < -0.4 is 5.32 Å². The van der Waals surface area contributed by atoms with E-state index >= 15 is 0 Å². The van der Waals surface area contributed by atoms with Crippen LogP contribution in [0.25, 0.3) is 0 Å². The lowest BCUT2D eigenvalue weighted by Gasteiger charge is -2.29. The van der Waals surface area contributed by atoms with Gasteiger partial charge in [0.05, 0.1) is 6.21 Å². The molecule has 1 N–H and O–H groups in total. The highest BCUT2D eigenvalue weighted by atomic mass is 16.2. The molecule has 2 aliphatic rings. The van der Waals surface area contributed by atoms with Crippen LogP contribution in [0.15, 0.2) is 29.4 Å². The highest BCUT2D eigenvalue weighted by molar-refractivity contribution is 6.07. The Morgan fingerprint density at radius 1 is 1.13 bits per heavy atom. The molecule has 1 aliphatic carbocycles. The third-order valence-corrected chi connectivity index (χ3v) is 4.77. The number of nitrogens with one attached hydrogen (secondary N) is 1. The van der Waals surface area contributed by atoms with Gasteiger partial charge in [-0.05, 0) is 29.9 Å². The van der Waals surface area contributed by atoms with Gasteiger partial charge < -0.3 is 5.32 Å². The average Bonchev–Trinajstić information content (AvgIpc) is 2.77. The first kappa shape index (κ1) is 15.7. The number of hydrogen-bond donors (Lipinski definition) is 1. The molecule has 1 saturated carbocycles. The summed E-state index contributed by atoms with van der Waals surface area (Å²) in [6, 6.07) is 7.58. The van der Waals surface area contributed by atoms with Crippen LogP contribution in [0.1, 0.15) is 63.0 Å². The molecule has 122 valence electrons. The van der Waals surface area contributed by atoms with Crippen molar-refractivity contribution in [2.75, 3.05) is 0 Å². The zero-order valence-corrected chi connectivity index (χ0v) is 13.7. The minimum absolute atomic E-state index is 0.211. The fraction of sp³-hybridized carbons (Fsp3) is 0.500. The van der Waals surface area contributed by atoms with Gasteiger partial charge in [-0.3, -0.25) is 4.79 Å². The molecule has 1 spiro atoms. The fourth-order valence-electron chi connectivity index (χ4n) is 3.30. The van der Waals surface area contributed by atoms with Crippen molar-refractivity contribution in [3.8, 4) is 0 Å². The number of urea groups is 1. The summed E-state index contributed by atoms with van der Waals surface area (Å²) in [4.78, 5) is 24.7. The van der Waals surface area contributed by atoms with Crippen molar-refractivity contribution in [3.63, 3.8) is 0 Å². The van der Waals surface area contributed by atoms with Crippen LogP contribution in [-0.4, -0.2) is 28.7 Å². The summed E-state index contributed by atoms with van der Waals surface area (Å²) in [6.07, 6.45) is 6.07. The Hall–Kier alpha value is -2.17. The monoisotopic (exact) mass is 313 g/mol. The summed E-state index contributed by atoms with van der Waals surface area (Å²) in [7, 11) is 0. The van der Waals surface area contributed by atoms with Crippen LogP contribution >= 0.6 is 0 Å². The zero-order chi connectivity index (χ0) is 16.4. The third kappa shape index (κ3) is 3.00. The van der Waals surface area contributed by atoms with E-state index in [0.29, 0.717) is 18.8 Å². The predicted octanol–water partition coefficient (Wildman–Crippen LogP) is 3.40. The summed E-state index contributed by atoms with van der Waals surface area (Å²) in [5.74, 6) is 0.260. The Kier molecular flexibility index (Phi) is 4.20. The molecule has 3 amide bonds. The molecule has 3 rings (SSSR count). The quantitative estimate of drug-likeness (QED) is 0.686. The molecule has 1 aromatic carbocycles. The van der Waals surface area contributed by atoms with E-state index in [1.165, 1.54) is 5.56 Å². The molecule has 1 aromatic rings. The van der Waals surface area contributed by atoms with E-state index in [4.69, 9.17) is 0 Å². The summed E-state index contributed by atoms with van der Waals surface area (Å²) >= 11 is 0. The van der Waals surface area contributed by atoms with Crippen LogP contribution in [0.3, 0.4) is 0 Å². The maximum absolute atomic E-state index is 12.6. The Morgan fingerprint density at radius 3 is 2.39 bits per heavy atom. The van der Waals surface area contributed by atoms with Crippen molar-refractivity contribution in [3.05, 3.63) is 35.4 Å². The topological polar surface area (TPSA) is 61.8 Å². The van der Waals surface area contributed by atoms with Crippen LogP contribution in [0.5, 0.6) is 0 Å². The number of hydrazone groups is 1. The minimum atomic E-state index is -0.714. The van der Waals surface area contributed by atoms with Gasteiger partial charge in [0, 0.05) is 0 Å². The number of carbonyl (C=O) groups excluding carboxylic acids is 2. The van der Waals surface area contributed by atoms with Gasteiger partial charge >= 0.3 is 6.03 Å². The van der Waals surface area contributed by atoms with Crippen LogP contribution in [0.4, 0.5) is 4.79 Å². The number of carbonyl (C=O) groups is 2. The lowest BCUT2D eigenvalue weighted by atomic mass is 9.82. The SMILES string of the molecule is CC(C)c1ccc(/C=N\N2C(=O)NC3(CCCCC3)C2=O)cc1. The van der Waals surface area contributed by atoms with Crippen molar-refractivity contribution in [2.45, 2.75) is 57.4 Å². The lowest BCUT2D eigenvalue weighted by Crippen LogP contribution is -2.48. The maximum Gasteiger partial charge on any atom is 0.346 e. The standard InChI is InChI=1S/C18H23N3O2/c1-13(2)15-8-6-14(7-9-15)12-19-21-16(22)18(20-17(21)23)10-4-3-5-11-18/h6-9,12-13H,3-5,10-11H2,1-2H3,(H,20,23)/b19-12-. The molecular weight excluding hydrogens is 290 g/mol. The molecule has 5 nitrogen and oxygen atoms in total. The van der Waals surface area contributed by atoms with Crippen molar-refractivity contribution >= 4 is 18.2 Å². The van der Waals surface area contributed by atoms with Gasteiger partial charge in [0.15, 0.2) is 0 Å². The number of amides is 3.